The number of carbonyl (C=O) groups excluding carboxylic acids is 2. The zero-order chi connectivity index (χ0) is 38.4. The normalized spacial score (nSPS) is 20.3. The number of nitriles is 1. The Morgan fingerprint density at radius 2 is 1.82 bits per heavy atom. The molecule has 0 bridgehead atoms. The smallest absolute Gasteiger partial charge is 0.407 e. The summed E-state index contributed by atoms with van der Waals surface area (Å²) in [6, 6.07) is 24.1. The summed E-state index contributed by atoms with van der Waals surface area (Å²) in [6.45, 7) is 7.27. The molecule has 3 aromatic carbocycles. The highest BCUT2D eigenvalue weighted by Crippen LogP contribution is 2.52. The van der Waals surface area contributed by atoms with Crippen LogP contribution in [-0.4, -0.2) is 72.4 Å². The Bertz CT molecular complexity index is 1980. The molecule has 1 saturated carbocycles. The fourth-order valence-electron chi connectivity index (χ4n) is 9.52. The number of hydrogen-bond donors (Lipinski definition) is 1. The standard InChI is InChI=1S/C44H51FN6O4/c1-3-41-48-19-22-50(41)30-44(35-11-7-12-36(45)24-35,38-13-8-14-40(38)55-43(53)47-2)34-17-20-49(21-18-34)26-33-27-51(28-33)39-16-15-32(25-46)23-37(39)42(52)54-29-31-9-5-4-6-10-31/h4-7,9-12,15-16,19,22-24,33-34,38,40H,3,8,13-14,17-18,20-21,26-30H2,1-2H3,(H,47,53)/t38-,40-,44-/m0/s1. The van der Waals surface area contributed by atoms with Gasteiger partial charge in [-0.05, 0) is 92.6 Å². The van der Waals surface area contributed by atoms with Crippen molar-refractivity contribution in [2.45, 2.75) is 70.1 Å². The van der Waals surface area contributed by atoms with Crippen LogP contribution in [0.5, 0.6) is 0 Å². The van der Waals surface area contributed by atoms with Crippen LogP contribution < -0.4 is 10.2 Å². The minimum atomic E-state index is -0.484. The molecule has 55 heavy (non-hydrogen) atoms. The van der Waals surface area contributed by atoms with Gasteiger partial charge in [0.05, 0.1) is 22.9 Å². The first-order chi connectivity index (χ1) is 26.8. The van der Waals surface area contributed by atoms with Crippen LogP contribution in [0.2, 0.25) is 0 Å². The number of amides is 1. The van der Waals surface area contributed by atoms with Gasteiger partial charge < -0.3 is 29.2 Å². The van der Waals surface area contributed by atoms with Crippen molar-refractivity contribution in [3.63, 3.8) is 0 Å². The number of carbonyl (C=O) groups is 2. The third kappa shape index (κ3) is 8.25. The van der Waals surface area contributed by atoms with Gasteiger partial charge in [-0.1, -0.05) is 49.4 Å². The largest absolute Gasteiger partial charge is 0.457 e. The van der Waals surface area contributed by atoms with Crippen LogP contribution in [-0.2, 0) is 34.5 Å². The maximum atomic E-state index is 15.2. The van der Waals surface area contributed by atoms with Crippen LogP contribution in [0.1, 0.15) is 71.9 Å². The van der Waals surface area contributed by atoms with E-state index in [0.717, 1.165) is 93.9 Å². The van der Waals surface area contributed by atoms with Gasteiger partial charge in [-0.25, -0.2) is 19.0 Å². The molecule has 11 heteroatoms. The molecule has 4 aromatic rings. The number of esters is 1. The van der Waals surface area contributed by atoms with Crippen molar-refractivity contribution < 1.29 is 23.5 Å². The van der Waals surface area contributed by atoms with Gasteiger partial charge in [0.2, 0.25) is 0 Å². The number of aryl methyl sites for hydroxylation is 1. The predicted octanol–water partition coefficient (Wildman–Crippen LogP) is 7.12. The van der Waals surface area contributed by atoms with E-state index in [2.05, 4.69) is 43.7 Å². The lowest BCUT2D eigenvalue weighted by molar-refractivity contribution is 0.00159. The summed E-state index contributed by atoms with van der Waals surface area (Å²) in [5, 5.41) is 12.2. The quantitative estimate of drug-likeness (QED) is 0.144. The van der Waals surface area contributed by atoms with Crippen molar-refractivity contribution in [3.8, 4) is 6.07 Å². The lowest BCUT2D eigenvalue weighted by atomic mass is 9.58. The molecular weight excluding hydrogens is 696 g/mol. The third-order valence-electron chi connectivity index (χ3n) is 12.2. The zero-order valence-corrected chi connectivity index (χ0v) is 31.8. The van der Waals surface area contributed by atoms with Gasteiger partial charge in [0.25, 0.3) is 0 Å². The van der Waals surface area contributed by atoms with Gasteiger partial charge in [-0.3, -0.25) is 0 Å². The maximum absolute atomic E-state index is 15.2. The number of nitrogens with zero attached hydrogens (tertiary/aromatic N) is 5. The Hall–Kier alpha value is -5.21. The van der Waals surface area contributed by atoms with Crippen LogP contribution in [0.4, 0.5) is 14.9 Å². The molecule has 288 valence electrons. The molecule has 0 radical (unpaired) electrons. The van der Waals surface area contributed by atoms with Crippen LogP contribution >= 0.6 is 0 Å². The van der Waals surface area contributed by atoms with Crippen molar-refractivity contribution in [3.05, 3.63) is 119 Å². The topological polar surface area (TPSA) is 113 Å². The molecule has 10 nitrogen and oxygen atoms in total. The molecule has 1 amide bonds. The number of anilines is 1. The fraction of sp³-hybridized carbons (Fsp3) is 0.455. The number of rotatable bonds is 13. The fourth-order valence-corrected chi connectivity index (χ4v) is 9.52. The van der Waals surface area contributed by atoms with E-state index in [9.17, 15) is 14.9 Å². The Kier molecular flexibility index (Phi) is 11.8. The first kappa shape index (κ1) is 38.1. The summed E-state index contributed by atoms with van der Waals surface area (Å²) >= 11 is 0. The lowest BCUT2D eigenvalue weighted by Gasteiger charge is -2.51. The molecule has 3 heterocycles. The SMILES string of the molecule is CCc1nccn1C[C@@](c1cccc(F)c1)(C1CCN(CC2CN(c3ccc(C#N)cc3C(=O)OCc3ccccc3)C2)CC1)[C@H]1CCC[C@@H]1OC(=O)NC. The highest BCUT2D eigenvalue weighted by molar-refractivity contribution is 5.96. The van der Waals surface area contributed by atoms with E-state index in [1.165, 1.54) is 6.07 Å². The van der Waals surface area contributed by atoms with Crippen LogP contribution in [0.15, 0.2) is 85.2 Å². The van der Waals surface area contributed by atoms with E-state index in [0.29, 0.717) is 23.6 Å². The monoisotopic (exact) mass is 746 g/mol. The number of alkyl carbamates (subject to hydrolysis) is 1. The average molecular weight is 747 g/mol. The Labute approximate surface area is 323 Å². The number of benzene rings is 3. The van der Waals surface area contributed by atoms with Crippen molar-refractivity contribution in [2.75, 3.05) is 44.7 Å². The van der Waals surface area contributed by atoms with Crippen LogP contribution in [0.25, 0.3) is 0 Å². The predicted molar refractivity (Wildman–Crippen MR) is 208 cm³/mol. The highest BCUT2D eigenvalue weighted by atomic mass is 19.1. The van der Waals surface area contributed by atoms with Crippen molar-refractivity contribution in [2.24, 2.45) is 17.8 Å². The molecule has 0 spiro atoms. The third-order valence-corrected chi connectivity index (χ3v) is 12.2. The van der Waals surface area contributed by atoms with Crippen LogP contribution in [0.3, 0.4) is 0 Å². The summed E-state index contributed by atoms with van der Waals surface area (Å²) in [6.07, 6.45) is 8.44. The summed E-state index contributed by atoms with van der Waals surface area (Å²) in [5.74, 6) is 0.951. The van der Waals surface area contributed by atoms with Gasteiger partial charge in [0.15, 0.2) is 0 Å². The number of likely N-dealkylation sites (tertiary alicyclic amines) is 1. The van der Waals surface area contributed by atoms with Crippen LogP contribution in [0, 0.1) is 34.9 Å². The number of halogens is 1. The van der Waals surface area contributed by atoms with Gasteiger partial charge >= 0.3 is 12.1 Å². The van der Waals surface area contributed by atoms with Crippen molar-refractivity contribution >= 4 is 17.7 Å². The molecule has 0 unspecified atom stereocenters. The molecule has 1 aliphatic carbocycles. The first-order valence-electron chi connectivity index (χ1n) is 19.7. The lowest BCUT2D eigenvalue weighted by Crippen LogP contribution is -2.55. The Balaban J connectivity index is 1.06. The van der Waals surface area contributed by atoms with Gasteiger partial charge in [-0.2, -0.15) is 5.26 Å². The second-order valence-electron chi connectivity index (χ2n) is 15.4. The number of piperidine rings is 1. The minimum Gasteiger partial charge on any atom is -0.457 e. The highest BCUT2D eigenvalue weighted by Gasteiger charge is 2.53. The van der Waals surface area contributed by atoms with E-state index < -0.39 is 17.5 Å². The maximum Gasteiger partial charge on any atom is 0.407 e. The zero-order valence-electron chi connectivity index (χ0n) is 31.8. The minimum absolute atomic E-state index is 0.0106. The summed E-state index contributed by atoms with van der Waals surface area (Å²) in [7, 11) is 1.59. The second-order valence-corrected chi connectivity index (χ2v) is 15.4. The average Bonchev–Trinajstić information content (AvgIpc) is 3.87. The summed E-state index contributed by atoms with van der Waals surface area (Å²) in [5.41, 5.74) is 3.02. The molecule has 1 aromatic heterocycles. The molecular formula is C44H51FN6O4. The number of ether oxygens (including phenoxy) is 2. The van der Waals surface area contributed by atoms with E-state index in [4.69, 9.17) is 9.47 Å². The number of hydrogen-bond acceptors (Lipinski definition) is 8. The van der Waals surface area contributed by atoms with E-state index in [-0.39, 0.29) is 30.4 Å². The van der Waals surface area contributed by atoms with Crippen molar-refractivity contribution in [1.29, 1.82) is 5.26 Å². The molecule has 7 rings (SSSR count). The van der Waals surface area contributed by atoms with Gasteiger partial charge in [0.1, 0.15) is 24.4 Å². The molecule has 3 aliphatic rings. The second kappa shape index (κ2) is 17.1. The van der Waals surface area contributed by atoms with Gasteiger partial charge in [-0.15, -0.1) is 0 Å². The summed E-state index contributed by atoms with van der Waals surface area (Å²) < 4.78 is 29.2. The number of nitrogens with one attached hydrogen (secondary N) is 1. The van der Waals surface area contributed by atoms with Gasteiger partial charge in [0, 0.05) is 69.3 Å². The Morgan fingerprint density at radius 1 is 1.02 bits per heavy atom. The number of aromatic nitrogens is 2. The van der Waals surface area contributed by atoms with E-state index in [1.54, 1.807) is 25.2 Å². The molecule has 3 fully saturated rings. The summed E-state index contributed by atoms with van der Waals surface area (Å²) in [4.78, 5) is 35.3. The molecule has 3 atom stereocenters. The number of imidazole rings is 1. The van der Waals surface area contributed by atoms with E-state index in [1.807, 2.05) is 54.9 Å². The van der Waals surface area contributed by atoms with E-state index >= 15 is 4.39 Å². The first-order valence-corrected chi connectivity index (χ1v) is 19.7. The Morgan fingerprint density at radius 3 is 2.55 bits per heavy atom. The molecule has 2 aliphatic heterocycles. The molecule has 2 saturated heterocycles. The van der Waals surface area contributed by atoms with Crippen molar-refractivity contribution in [1.82, 2.24) is 19.8 Å². The molecule has 1 N–H and O–H groups in total.